The van der Waals surface area contributed by atoms with Crippen LogP contribution in [0.4, 0.5) is 0 Å². The Morgan fingerprint density at radius 3 is 3.08 bits per heavy atom. The van der Waals surface area contributed by atoms with E-state index >= 15 is 0 Å². The van der Waals surface area contributed by atoms with Gasteiger partial charge in [0.2, 0.25) is 5.43 Å². The molecule has 2 aromatic heterocycles. The molecule has 0 aliphatic rings. The summed E-state index contributed by atoms with van der Waals surface area (Å²) < 4.78 is 1.77. The number of aromatic amines is 1. The van der Waals surface area contributed by atoms with Gasteiger partial charge in [-0.2, -0.15) is 0 Å². The number of rotatable bonds is 1. The molecule has 2 rings (SSSR count). The van der Waals surface area contributed by atoms with Crippen LogP contribution in [0, 0.1) is 0 Å². The molecule has 13 heavy (non-hydrogen) atoms. The maximum absolute atomic E-state index is 11.7. The fourth-order valence-corrected chi connectivity index (χ4v) is 3.15. The second kappa shape index (κ2) is 3.48. The number of pyridine rings is 1. The van der Waals surface area contributed by atoms with Gasteiger partial charge in [-0.15, -0.1) is 23.1 Å². The van der Waals surface area contributed by atoms with E-state index in [2.05, 4.69) is 20.9 Å². The first-order valence-electron chi connectivity index (χ1n) is 3.57. The third kappa shape index (κ3) is 1.56. The molecule has 0 atom stereocenters. The van der Waals surface area contributed by atoms with Crippen LogP contribution >= 0.6 is 39.0 Å². The molecule has 2 nitrogen and oxygen atoms in total. The molecule has 5 heteroatoms. The SMILES string of the molecule is CSc1c[nH]c2cc(Br)sc2c1=O. The first-order valence-corrected chi connectivity index (χ1v) is 6.40. The molecule has 0 unspecified atom stereocenters. The van der Waals surface area contributed by atoms with E-state index in [1.165, 1.54) is 23.1 Å². The number of thiophene rings is 1. The van der Waals surface area contributed by atoms with Crippen molar-refractivity contribution >= 4 is 49.2 Å². The molecule has 0 fully saturated rings. The van der Waals surface area contributed by atoms with Crippen LogP contribution in [0.3, 0.4) is 0 Å². The molecular formula is C8H6BrNOS2. The van der Waals surface area contributed by atoms with Crippen LogP contribution in [-0.2, 0) is 0 Å². The average molecular weight is 276 g/mol. The number of hydrogen-bond acceptors (Lipinski definition) is 3. The van der Waals surface area contributed by atoms with Gasteiger partial charge in [0, 0.05) is 6.20 Å². The van der Waals surface area contributed by atoms with Crippen LogP contribution < -0.4 is 5.43 Å². The highest BCUT2D eigenvalue weighted by atomic mass is 79.9. The highest BCUT2D eigenvalue weighted by molar-refractivity contribution is 9.11. The van der Waals surface area contributed by atoms with Gasteiger partial charge in [-0.3, -0.25) is 4.79 Å². The van der Waals surface area contributed by atoms with Crippen molar-refractivity contribution in [3.05, 3.63) is 26.3 Å². The van der Waals surface area contributed by atoms with Gasteiger partial charge in [0.05, 0.1) is 14.2 Å². The second-order valence-electron chi connectivity index (χ2n) is 2.48. The van der Waals surface area contributed by atoms with Crippen LogP contribution in [-0.4, -0.2) is 11.2 Å². The molecule has 0 saturated heterocycles. The summed E-state index contributed by atoms with van der Waals surface area (Å²) in [5.74, 6) is 0. The van der Waals surface area contributed by atoms with E-state index in [0.29, 0.717) is 0 Å². The Balaban J connectivity index is 2.86. The average Bonchev–Trinajstić information content (AvgIpc) is 2.47. The van der Waals surface area contributed by atoms with Gasteiger partial charge in [-0.05, 0) is 28.3 Å². The van der Waals surface area contributed by atoms with Crippen molar-refractivity contribution in [1.29, 1.82) is 0 Å². The Hall–Kier alpha value is -0.260. The van der Waals surface area contributed by atoms with Crippen molar-refractivity contribution < 1.29 is 0 Å². The van der Waals surface area contributed by atoms with Crippen molar-refractivity contribution in [3.63, 3.8) is 0 Å². The van der Waals surface area contributed by atoms with Gasteiger partial charge in [0.15, 0.2) is 0 Å². The lowest BCUT2D eigenvalue weighted by Crippen LogP contribution is -2.02. The molecule has 0 aromatic carbocycles. The van der Waals surface area contributed by atoms with Crippen molar-refractivity contribution in [1.82, 2.24) is 4.98 Å². The third-order valence-corrected chi connectivity index (χ3v) is 4.09. The number of thioether (sulfide) groups is 1. The minimum atomic E-state index is 0.122. The smallest absolute Gasteiger partial charge is 0.212 e. The Labute approximate surface area is 91.5 Å². The normalized spacial score (nSPS) is 10.9. The summed E-state index contributed by atoms with van der Waals surface area (Å²) in [7, 11) is 0. The van der Waals surface area contributed by atoms with Gasteiger partial charge >= 0.3 is 0 Å². The zero-order valence-electron chi connectivity index (χ0n) is 6.76. The fourth-order valence-electron chi connectivity index (χ4n) is 1.11. The highest BCUT2D eigenvalue weighted by Gasteiger charge is 2.06. The van der Waals surface area contributed by atoms with Gasteiger partial charge in [-0.25, -0.2) is 0 Å². The molecule has 0 spiro atoms. The number of hydrogen-bond donors (Lipinski definition) is 1. The minimum absolute atomic E-state index is 0.122. The second-order valence-corrected chi connectivity index (χ2v) is 5.76. The van der Waals surface area contributed by atoms with E-state index in [-0.39, 0.29) is 5.43 Å². The molecule has 0 aliphatic heterocycles. The lowest BCUT2D eigenvalue weighted by molar-refractivity contribution is 1.28. The van der Waals surface area contributed by atoms with E-state index in [1.54, 1.807) is 6.20 Å². The fraction of sp³-hybridized carbons (Fsp3) is 0.125. The van der Waals surface area contributed by atoms with Crippen LogP contribution in [0.25, 0.3) is 10.2 Å². The molecule has 0 radical (unpaired) electrons. The monoisotopic (exact) mass is 275 g/mol. The lowest BCUT2D eigenvalue weighted by atomic mass is 10.4. The Kier molecular flexibility index (Phi) is 2.49. The van der Waals surface area contributed by atoms with Gasteiger partial charge in [-0.1, -0.05) is 0 Å². The summed E-state index contributed by atoms with van der Waals surface area (Å²) in [6.07, 6.45) is 3.66. The maximum Gasteiger partial charge on any atom is 0.212 e. The zero-order valence-corrected chi connectivity index (χ0v) is 9.98. The first-order chi connectivity index (χ1) is 6.22. The molecule has 68 valence electrons. The Morgan fingerprint density at radius 1 is 1.62 bits per heavy atom. The van der Waals surface area contributed by atoms with E-state index < -0.39 is 0 Å². The number of H-pyrrole nitrogens is 1. The largest absolute Gasteiger partial charge is 0.359 e. The van der Waals surface area contributed by atoms with E-state index in [4.69, 9.17) is 0 Å². The van der Waals surface area contributed by atoms with E-state index in [9.17, 15) is 4.79 Å². The summed E-state index contributed by atoms with van der Waals surface area (Å²) in [6, 6.07) is 1.92. The van der Waals surface area contributed by atoms with Crippen LogP contribution in [0.1, 0.15) is 0 Å². The maximum atomic E-state index is 11.7. The van der Waals surface area contributed by atoms with Crippen molar-refractivity contribution in [2.24, 2.45) is 0 Å². The predicted molar refractivity (Wildman–Crippen MR) is 61.9 cm³/mol. The number of fused-ring (bicyclic) bond motifs is 1. The summed E-state index contributed by atoms with van der Waals surface area (Å²) in [5, 5.41) is 0. The molecule has 2 heterocycles. The first kappa shape index (κ1) is 9.30. The van der Waals surface area contributed by atoms with Gasteiger partial charge in [0.1, 0.15) is 4.70 Å². The van der Waals surface area contributed by atoms with Crippen molar-refractivity contribution in [2.75, 3.05) is 6.26 Å². The Bertz CT molecular complexity index is 502. The molecule has 0 bridgehead atoms. The predicted octanol–water partition coefficient (Wildman–Crippen LogP) is 3.07. The van der Waals surface area contributed by atoms with Gasteiger partial charge in [0.25, 0.3) is 0 Å². The van der Waals surface area contributed by atoms with Crippen molar-refractivity contribution in [2.45, 2.75) is 4.90 Å². The standard InChI is InChI=1S/C8H6BrNOS2/c1-12-5-3-10-4-2-6(9)13-8(4)7(5)11/h2-3H,1H3,(H,10,11). The van der Waals surface area contributed by atoms with E-state index in [1.807, 2.05) is 12.3 Å². The molecular weight excluding hydrogens is 270 g/mol. The lowest BCUT2D eigenvalue weighted by Gasteiger charge is -1.93. The molecule has 0 amide bonds. The third-order valence-electron chi connectivity index (χ3n) is 1.71. The summed E-state index contributed by atoms with van der Waals surface area (Å²) in [5.41, 5.74) is 1.02. The number of aromatic nitrogens is 1. The topological polar surface area (TPSA) is 32.9 Å². The quantitative estimate of drug-likeness (QED) is 0.812. The Morgan fingerprint density at radius 2 is 2.38 bits per heavy atom. The van der Waals surface area contributed by atoms with Crippen LogP contribution in [0.5, 0.6) is 0 Å². The van der Waals surface area contributed by atoms with Gasteiger partial charge < -0.3 is 4.98 Å². The number of halogens is 1. The highest BCUT2D eigenvalue weighted by Crippen LogP contribution is 2.27. The molecule has 1 N–H and O–H groups in total. The van der Waals surface area contributed by atoms with Crippen LogP contribution in [0.15, 0.2) is 25.7 Å². The number of nitrogens with one attached hydrogen (secondary N) is 1. The minimum Gasteiger partial charge on any atom is -0.359 e. The molecule has 0 aliphatic carbocycles. The van der Waals surface area contributed by atoms with E-state index in [0.717, 1.165) is 18.9 Å². The summed E-state index contributed by atoms with van der Waals surface area (Å²) in [6.45, 7) is 0. The molecule has 2 aromatic rings. The van der Waals surface area contributed by atoms with Crippen LogP contribution in [0.2, 0.25) is 0 Å². The molecule has 0 saturated carbocycles. The van der Waals surface area contributed by atoms with Crippen molar-refractivity contribution in [3.8, 4) is 0 Å². The zero-order chi connectivity index (χ0) is 9.42. The summed E-state index contributed by atoms with van der Waals surface area (Å²) in [4.78, 5) is 15.6. The summed E-state index contributed by atoms with van der Waals surface area (Å²) >= 11 is 6.29.